The van der Waals surface area contributed by atoms with Crippen LogP contribution in [0.25, 0.3) is 0 Å². The molecule has 5 nitrogen and oxygen atoms in total. The minimum absolute atomic E-state index is 0.113. The van der Waals surface area contributed by atoms with Gasteiger partial charge in [-0.05, 0) is 48.9 Å². The summed E-state index contributed by atoms with van der Waals surface area (Å²) in [5, 5.41) is 3.04. The van der Waals surface area contributed by atoms with Gasteiger partial charge in [0, 0.05) is 32.1 Å². The number of halogens is 1. The average molecular weight is 345 g/mol. The van der Waals surface area contributed by atoms with Crippen LogP contribution in [-0.2, 0) is 11.2 Å². The van der Waals surface area contributed by atoms with Gasteiger partial charge in [0.25, 0.3) is 0 Å². The second-order valence-electron chi connectivity index (χ2n) is 7.32. The van der Waals surface area contributed by atoms with Gasteiger partial charge in [-0.25, -0.2) is 9.18 Å². The molecule has 1 aromatic rings. The first-order valence-corrected chi connectivity index (χ1v) is 9.24. The van der Waals surface area contributed by atoms with E-state index in [1.807, 2.05) is 11.0 Å². The molecule has 0 radical (unpaired) electrons. The molecule has 6 heteroatoms. The topological polar surface area (TPSA) is 52.7 Å². The Balaban J connectivity index is 1.31. The smallest absolute Gasteiger partial charge is 0.318 e. The molecule has 3 amide bonds. The van der Waals surface area contributed by atoms with Crippen molar-refractivity contribution < 1.29 is 14.0 Å². The van der Waals surface area contributed by atoms with E-state index in [9.17, 15) is 14.0 Å². The molecule has 1 aromatic carbocycles. The van der Waals surface area contributed by atoms with Crippen molar-refractivity contribution >= 4 is 11.9 Å². The van der Waals surface area contributed by atoms with Crippen molar-refractivity contribution in [2.75, 3.05) is 26.2 Å². The number of piperazine rings is 1. The van der Waals surface area contributed by atoms with Crippen molar-refractivity contribution in [2.24, 2.45) is 5.92 Å². The molecule has 0 bridgehead atoms. The molecule has 1 saturated heterocycles. The summed E-state index contributed by atoms with van der Waals surface area (Å²) in [7, 11) is 0. The highest BCUT2D eigenvalue weighted by molar-refractivity contribution is 5.80. The van der Waals surface area contributed by atoms with Crippen molar-refractivity contribution in [3.63, 3.8) is 0 Å². The normalized spacial score (nSPS) is 23.2. The number of amides is 3. The molecule has 1 saturated carbocycles. The number of hydrogen-bond donors (Lipinski definition) is 1. The van der Waals surface area contributed by atoms with Crippen LogP contribution in [0.1, 0.15) is 42.9 Å². The number of urea groups is 1. The fourth-order valence-corrected chi connectivity index (χ4v) is 4.01. The van der Waals surface area contributed by atoms with Gasteiger partial charge in [0.2, 0.25) is 5.91 Å². The molecule has 2 fully saturated rings. The van der Waals surface area contributed by atoms with E-state index in [4.69, 9.17) is 0 Å². The Labute approximate surface area is 147 Å². The summed E-state index contributed by atoms with van der Waals surface area (Å²) in [5.41, 5.74) is 2.01. The Morgan fingerprint density at radius 1 is 1.04 bits per heavy atom. The van der Waals surface area contributed by atoms with Crippen LogP contribution in [0.2, 0.25) is 0 Å². The third-order valence-electron chi connectivity index (χ3n) is 5.82. The Kier molecular flexibility index (Phi) is 4.36. The van der Waals surface area contributed by atoms with E-state index >= 15 is 0 Å². The SMILES string of the molecule is O=C(N[C@H]1CCc2ccc(F)cc21)N1CCN(C(=O)C2CCC2)CC1. The highest BCUT2D eigenvalue weighted by Crippen LogP contribution is 2.32. The van der Waals surface area contributed by atoms with Crippen molar-refractivity contribution in [3.8, 4) is 0 Å². The molecule has 1 atom stereocenters. The molecule has 1 N–H and O–H groups in total. The van der Waals surface area contributed by atoms with Crippen LogP contribution in [0.15, 0.2) is 18.2 Å². The summed E-state index contributed by atoms with van der Waals surface area (Å²) in [6.07, 6.45) is 4.85. The Hall–Kier alpha value is -2.11. The van der Waals surface area contributed by atoms with E-state index in [1.54, 1.807) is 4.90 Å². The van der Waals surface area contributed by atoms with Gasteiger partial charge in [0.05, 0.1) is 6.04 Å². The maximum atomic E-state index is 13.5. The quantitative estimate of drug-likeness (QED) is 0.895. The van der Waals surface area contributed by atoms with Crippen LogP contribution in [0.3, 0.4) is 0 Å². The molecule has 4 rings (SSSR count). The highest BCUT2D eigenvalue weighted by atomic mass is 19.1. The minimum Gasteiger partial charge on any atom is -0.339 e. The fraction of sp³-hybridized carbons (Fsp3) is 0.579. The van der Waals surface area contributed by atoms with E-state index in [1.165, 1.54) is 12.1 Å². The first-order chi connectivity index (χ1) is 12.1. The molecule has 0 spiro atoms. The zero-order valence-corrected chi connectivity index (χ0v) is 14.3. The number of aryl methyl sites for hydroxylation is 1. The Morgan fingerprint density at radius 2 is 1.76 bits per heavy atom. The molecule has 3 aliphatic rings. The summed E-state index contributed by atoms with van der Waals surface area (Å²) >= 11 is 0. The molecule has 25 heavy (non-hydrogen) atoms. The molecular weight excluding hydrogens is 321 g/mol. The summed E-state index contributed by atoms with van der Waals surface area (Å²) in [5.74, 6) is 0.208. The van der Waals surface area contributed by atoms with Crippen LogP contribution in [0.5, 0.6) is 0 Å². The van der Waals surface area contributed by atoms with Gasteiger partial charge in [-0.1, -0.05) is 12.5 Å². The third kappa shape index (κ3) is 3.22. The number of nitrogens with one attached hydrogen (secondary N) is 1. The highest BCUT2D eigenvalue weighted by Gasteiger charge is 2.33. The average Bonchev–Trinajstić information content (AvgIpc) is 2.95. The van der Waals surface area contributed by atoms with E-state index in [-0.39, 0.29) is 29.7 Å². The first kappa shape index (κ1) is 16.4. The minimum atomic E-state index is -0.261. The van der Waals surface area contributed by atoms with Gasteiger partial charge in [0.15, 0.2) is 0 Å². The van der Waals surface area contributed by atoms with Gasteiger partial charge < -0.3 is 15.1 Å². The van der Waals surface area contributed by atoms with E-state index in [0.717, 1.165) is 43.2 Å². The maximum absolute atomic E-state index is 13.5. The van der Waals surface area contributed by atoms with Gasteiger partial charge in [0.1, 0.15) is 5.82 Å². The zero-order chi connectivity index (χ0) is 17.4. The molecule has 1 aliphatic heterocycles. The first-order valence-electron chi connectivity index (χ1n) is 9.24. The standard InChI is InChI=1S/C19H24FN3O2/c20-15-6-4-13-5-7-17(16(13)12-15)21-19(25)23-10-8-22(9-11-23)18(24)14-2-1-3-14/h4,6,12,14,17H,1-3,5,7-11H2,(H,21,25)/t17-/m0/s1. The number of hydrogen-bond acceptors (Lipinski definition) is 2. The lowest BCUT2D eigenvalue weighted by molar-refractivity contribution is -0.139. The van der Waals surface area contributed by atoms with Gasteiger partial charge in [-0.15, -0.1) is 0 Å². The second kappa shape index (κ2) is 6.65. The number of carbonyl (C=O) groups is 2. The fourth-order valence-electron chi connectivity index (χ4n) is 4.01. The van der Waals surface area contributed by atoms with Crippen LogP contribution in [-0.4, -0.2) is 47.9 Å². The zero-order valence-electron chi connectivity index (χ0n) is 14.3. The lowest BCUT2D eigenvalue weighted by atomic mass is 9.84. The predicted octanol–water partition coefficient (Wildman–Crippen LogP) is 2.47. The van der Waals surface area contributed by atoms with Crippen LogP contribution in [0.4, 0.5) is 9.18 Å². The summed E-state index contributed by atoms with van der Waals surface area (Å²) in [6, 6.07) is 4.58. The predicted molar refractivity (Wildman–Crippen MR) is 91.5 cm³/mol. The van der Waals surface area contributed by atoms with Crippen LogP contribution < -0.4 is 5.32 Å². The number of nitrogens with zero attached hydrogens (tertiary/aromatic N) is 2. The van der Waals surface area contributed by atoms with Gasteiger partial charge in [-0.3, -0.25) is 4.79 Å². The van der Waals surface area contributed by atoms with Crippen molar-refractivity contribution in [2.45, 2.75) is 38.1 Å². The molecule has 1 heterocycles. The molecule has 0 aromatic heterocycles. The maximum Gasteiger partial charge on any atom is 0.318 e. The van der Waals surface area contributed by atoms with E-state index in [0.29, 0.717) is 26.2 Å². The number of carbonyl (C=O) groups excluding carboxylic acids is 2. The van der Waals surface area contributed by atoms with Crippen LogP contribution >= 0.6 is 0 Å². The summed E-state index contributed by atoms with van der Waals surface area (Å²) in [4.78, 5) is 28.5. The van der Waals surface area contributed by atoms with Crippen LogP contribution in [0, 0.1) is 11.7 Å². The number of benzene rings is 1. The van der Waals surface area contributed by atoms with Crippen molar-refractivity contribution in [1.29, 1.82) is 0 Å². The molecular formula is C19H24FN3O2. The lowest BCUT2D eigenvalue weighted by Crippen LogP contribution is -2.54. The largest absolute Gasteiger partial charge is 0.339 e. The lowest BCUT2D eigenvalue weighted by Gasteiger charge is -2.38. The molecule has 0 unspecified atom stereocenters. The number of fused-ring (bicyclic) bond motifs is 1. The number of rotatable bonds is 2. The van der Waals surface area contributed by atoms with Gasteiger partial charge in [-0.2, -0.15) is 0 Å². The van der Waals surface area contributed by atoms with Crippen molar-refractivity contribution in [3.05, 3.63) is 35.1 Å². The second-order valence-corrected chi connectivity index (χ2v) is 7.32. The summed E-state index contributed by atoms with van der Waals surface area (Å²) < 4.78 is 13.5. The monoisotopic (exact) mass is 345 g/mol. The molecule has 134 valence electrons. The third-order valence-corrected chi connectivity index (χ3v) is 5.82. The van der Waals surface area contributed by atoms with E-state index < -0.39 is 0 Å². The summed E-state index contributed by atoms with van der Waals surface area (Å²) in [6.45, 7) is 2.34. The molecule has 2 aliphatic carbocycles. The Morgan fingerprint density at radius 3 is 2.44 bits per heavy atom. The van der Waals surface area contributed by atoms with Crippen molar-refractivity contribution in [1.82, 2.24) is 15.1 Å². The van der Waals surface area contributed by atoms with E-state index in [2.05, 4.69) is 5.32 Å². The Bertz CT molecular complexity index is 681. The van der Waals surface area contributed by atoms with Gasteiger partial charge >= 0.3 is 6.03 Å².